The number of rotatable bonds is 3. The first-order valence-electron chi connectivity index (χ1n) is 2.29. The Bertz CT molecular complexity index is 74.2. The maximum atomic E-state index is 5.21. The second-order valence-electron chi connectivity index (χ2n) is 1.45. The van der Waals surface area contributed by atoms with Crippen molar-refractivity contribution >= 4 is 0 Å². The number of hydrogen-bond donors (Lipinski definition) is 1. The van der Waals surface area contributed by atoms with Gasteiger partial charge in [0.2, 0.25) is 0 Å². The van der Waals surface area contributed by atoms with Crippen LogP contribution in [0.3, 0.4) is 0 Å². The van der Waals surface area contributed by atoms with Gasteiger partial charge in [-0.2, -0.15) is 0 Å². The first kappa shape index (κ1) is 6.44. The molecule has 0 aromatic rings. The minimum absolute atomic E-state index is 0.575. The summed E-state index contributed by atoms with van der Waals surface area (Å²) in [5.74, 6) is 0. The fourth-order valence-electron chi connectivity index (χ4n) is 0.287. The Hall–Kier alpha value is -0.560. The fourth-order valence-corrected chi connectivity index (χ4v) is 0.287. The van der Waals surface area contributed by atoms with Crippen molar-refractivity contribution in [3.8, 4) is 0 Å². The Morgan fingerprint density at radius 3 is 2.43 bits per heavy atom. The molecule has 0 amide bonds. The number of allylic oxidation sites excluding steroid dienone is 1. The maximum absolute atomic E-state index is 5.21. The SMILES string of the molecule is C=CCC(=C)CN. The molecule has 7 heavy (non-hydrogen) atoms. The predicted octanol–water partition coefficient (Wildman–Crippen LogP) is 1.08. The maximum Gasteiger partial charge on any atom is 0.0137 e. The lowest BCUT2D eigenvalue weighted by Crippen LogP contribution is -2.00. The molecule has 0 rings (SSSR count). The van der Waals surface area contributed by atoms with Crippen molar-refractivity contribution < 1.29 is 0 Å². The molecule has 0 saturated carbocycles. The predicted molar refractivity (Wildman–Crippen MR) is 33.0 cm³/mol. The van der Waals surface area contributed by atoms with Gasteiger partial charge in [0.15, 0.2) is 0 Å². The van der Waals surface area contributed by atoms with Gasteiger partial charge in [-0.3, -0.25) is 0 Å². The normalized spacial score (nSPS) is 8.14. The monoisotopic (exact) mass is 97.1 g/mol. The third kappa shape index (κ3) is 3.27. The zero-order valence-corrected chi connectivity index (χ0v) is 4.48. The first-order chi connectivity index (χ1) is 3.31. The summed E-state index contributed by atoms with van der Waals surface area (Å²) in [5, 5.41) is 0. The van der Waals surface area contributed by atoms with Gasteiger partial charge in [0.05, 0.1) is 0 Å². The highest BCUT2D eigenvalue weighted by Crippen LogP contribution is 1.92. The second-order valence-corrected chi connectivity index (χ2v) is 1.45. The molecule has 0 radical (unpaired) electrons. The molecule has 0 saturated heterocycles. The van der Waals surface area contributed by atoms with E-state index in [4.69, 9.17) is 5.73 Å². The van der Waals surface area contributed by atoms with Gasteiger partial charge < -0.3 is 5.73 Å². The standard InChI is InChI=1S/C6H11N/c1-3-4-6(2)5-7/h3H,1-2,4-5,7H2. The van der Waals surface area contributed by atoms with Crippen LogP contribution >= 0.6 is 0 Å². The summed E-state index contributed by atoms with van der Waals surface area (Å²) in [7, 11) is 0. The lowest BCUT2D eigenvalue weighted by molar-refractivity contribution is 1.08. The summed E-state index contributed by atoms with van der Waals surface area (Å²) in [5.41, 5.74) is 6.25. The van der Waals surface area contributed by atoms with Crippen LogP contribution in [0.15, 0.2) is 24.8 Å². The molecule has 0 bridgehead atoms. The van der Waals surface area contributed by atoms with E-state index in [1.165, 1.54) is 0 Å². The molecule has 40 valence electrons. The van der Waals surface area contributed by atoms with E-state index in [1.54, 1.807) is 6.08 Å². The van der Waals surface area contributed by atoms with Gasteiger partial charge in [-0.25, -0.2) is 0 Å². The van der Waals surface area contributed by atoms with Crippen LogP contribution < -0.4 is 5.73 Å². The Kier molecular flexibility index (Phi) is 3.33. The molecule has 0 fully saturated rings. The highest BCUT2D eigenvalue weighted by molar-refractivity contribution is 5.00. The van der Waals surface area contributed by atoms with Gasteiger partial charge in [-0.1, -0.05) is 18.2 Å². The van der Waals surface area contributed by atoms with Crippen molar-refractivity contribution in [3.05, 3.63) is 24.8 Å². The first-order valence-corrected chi connectivity index (χ1v) is 2.29. The topological polar surface area (TPSA) is 26.0 Å². The molecule has 0 aromatic heterocycles. The molecule has 0 aromatic carbocycles. The summed E-state index contributed by atoms with van der Waals surface area (Å²) in [6.07, 6.45) is 2.64. The second kappa shape index (κ2) is 3.62. The lowest BCUT2D eigenvalue weighted by atomic mass is 10.2. The minimum Gasteiger partial charge on any atom is -0.327 e. The Morgan fingerprint density at radius 2 is 2.29 bits per heavy atom. The van der Waals surface area contributed by atoms with E-state index >= 15 is 0 Å². The Labute approximate surface area is 44.5 Å². The van der Waals surface area contributed by atoms with Crippen LogP contribution in [-0.2, 0) is 0 Å². The van der Waals surface area contributed by atoms with Crippen molar-refractivity contribution in [1.82, 2.24) is 0 Å². The third-order valence-corrected chi connectivity index (χ3v) is 0.722. The lowest BCUT2D eigenvalue weighted by Gasteiger charge is -1.91. The molecule has 1 heteroatoms. The molecule has 0 aliphatic carbocycles. The average Bonchev–Trinajstić information content (AvgIpc) is 1.68. The van der Waals surface area contributed by atoms with E-state index in [-0.39, 0.29) is 0 Å². The molecule has 0 aliphatic rings. The summed E-state index contributed by atoms with van der Waals surface area (Å²) in [4.78, 5) is 0. The quantitative estimate of drug-likeness (QED) is 0.524. The Balaban J connectivity index is 3.17. The van der Waals surface area contributed by atoms with Gasteiger partial charge in [0.25, 0.3) is 0 Å². The summed E-state index contributed by atoms with van der Waals surface area (Å²) < 4.78 is 0. The van der Waals surface area contributed by atoms with E-state index in [0.717, 1.165) is 12.0 Å². The Morgan fingerprint density at radius 1 is 1.71 bits per heavy atom. The van der Waals surface area contributed by atoms with Crippen LogP contribution in [0.2, 0.25) is 0 Å². The molecule has 1 nitrogen and oxygen atoms in total. The summed E-state index contributed by atoms with van der Waals surface area (Å²) >= 11 is 0. The summed E-state index contributed by atoms with van der Waals surface area (Å²) in [6.45, 7) is 7.77. The fraction of sp³-hybridized carbons (Fsp3) is 0.333. The van der Waals surface area contributed by atoms with Crippen LogP contribution in [0, 0.1) is 0 Å². The van der Waals surface area contributed by atoms with Gasteiger partial charge in [-0.15, -0.1) is 6.58 Å². The van der Waals surface area contributed by atoms with Crippen molar-refractivity contribution in [1.29, 1.82) is 0 Å². The number of hydrogen-bond acceptors (Lipinski definition) is 1. The molecule has 0 aliphatic heterocycles. The van der Waals surface area contributed by atoms with Crippen LogP contribution in [0.5, 0.6) is 0 Å². The van der Waals surface area contributed by atoms with Crippen LogP contribution in [0.25, 0.3) is 0 Å². The van der Waals surface area contributed by atoms with E-state index in [1.807, 2.05) is 0 Å². The van der Waals surface area contributed by atoms with Gasteiger partial charge in [-0.05, 0) is 6.42 Å². The molecule has 0 spiro atoms. The zero-order valence-electron chi connectivity index (χ0n) is 4.48. The van der Waals surface area contributed by atoms with Gasteiger partial charge in [0, 0.05) is 6.54 Å². The highest BCUT2D eigenvalue weighted by atomic mass is 14.5. The average molecular weight is 97.2 g/mol. The number of nitrogens with two attached hydrogens (primary N) is 1. The molecule has 0 atom stereocenters. The van der Waals surface area contributed by atoms with E-state index in [9.17, 15) is 0 Å². The van der Waals surface area contributed by atoms with Crippen molar-refractivity contribution in [3.63, 3.8) is 0 Å². The molecule has 0 unspecified atom stereocenters. The van der Waals surface area contributed by atoms with E-state index < -0.39 is 0 Å². The van der Waals surface area contributed by atoms with Gasteiger partial charge in [0.1, 0.15) is 0 Å². The van der Waals surface area contributed by atoms with Crippen LogP contribution in [0.4, 0.5) is 0 Å². The highest BCUT2D eigenvalue weighted by Gasteiger charge is 1.80. The molecule has 2 N–H and O–H groups in total. The smallest absolute Gasteiger partial charge is 0.0137 e. The van der Waals surface area contributed by atoms with Gasteiger partial charge >= 0.3 is 0 Å². The van der Waals surface area contributed by atoms with E-state index in [2.05, 4.69) is 13.2 Å². The minimum atomic E-state index is 0.575. The molecule has 0 heterocycles. The van der Waals surface area contributed by atoms with Crippen molar-refractivity contribution in [2.45, 2.75) is 6.42 Å². The third-order valence-electron chi connectivity index (χ3n) is 0.722. The van der Waals surface area contributed by atoms with Crippen LogP contribution in [-0.4, -0.2) is 6.54 Å². The van der Waals surface area contributed by atoms with Crippen molar-refractivity contribution in [2.75, 3.05) is 6.54 Å². The van der Waals surface area contributed by atoms with E-state index in [0.29, 0.717) is 6.54 Å². The van der Waals surface area contributed by atoms with Crippen LogP contribution in [0.1, 0.15) is 6.42 Å². The molecular weight excluding hydrogens is 86.1 g/mol. The summed E-state index contributed by atoms with van der Waals surface area (Å²) in [6, 6.07) is 0. The molecular formula is C6H11N. The van der Waals surface area contributed by atoms with Crippen molar-refractivity contribution in [2.24, 2.45) is 5.73 Å². The largest absolute Gasteiger partial charge is 0.327 e. The zero-order chi connectivity index (χ0) is 5.70.